The summed E-state index contributed by atoms with van der Waals surface area (Å²) in [6.07, 6.45) is 2.32. The summed E-state index contributed by atoms with van der Waals surface area (Å²) in [5.41, 5.74) is 5.46. The van der Waals surface area contributed by atoms with Crippen molar-refractivity contribution < 1.29 is 9.47 Å². The normalized spacial score (nSPS) is 25.9. The summed E-state index contributed by atoms with van der Waals surface area (Å²) in [4.78, 5) is 4.88. The smallest absolute Gasteiger partial charge is 0.191 e. The lowest BCUT2D eigenvalue weighted by Gasteiger charge is -2.15. The number of aliphatic imine (C=N–C) groups is 1. The Balaban J connectivity index is 1.19. The van der Waals surface area contributed by atoms with Crippen LogP contribution in [-0.4, -0.2) is 38.9 Å². The highest BCUT2D eigenvalue weighted by molar-refractivity contribution is 5.79. The largest absolute Gasteiger partial charge is 0.493 e. The molecule has 2 aliphatic carbocycles. The molecule has 2 aromatic carbocycles. The van der Waals surface area contributed by atoms with Crippen molar-refractivity contribution in [1.29, 1.82) is 0 Å². The Morgan fingerprint density at radius 2 is 2.09 bits per heavy atom. The van der Waals surface area contributed by atoms with Gasteiger partial charge in [0.2, 0.25) is 0 Å². The highest BCUT2D eigenvalue weighted by atomic mass is 16.5. The van der Waals surface area contributed by atoms with Gasteiger partial charge in [-0.3, -0.25) is 0 Å². The molecule has 2 aromatic rings. The second-order valence-electron chi connectivity index (χ2n) is 9.48. The highest BCUT2D eigenvalue weighted by Crippen LogP contribution is 2.60. The molecular weight excluding hydrogens is 398 g/mol. The van der Waals surface area contributed by atoms with E-state index < -0.39 is 0 Å². The first kappa shape index (κ1) is 21.3. The van der Waals surface area contributed by atoms with Crippen LogP contribution in [0.15, 0.2) is 47.5 Å². The lowest BCUT2D eigenvalue weighted by molar-refractivity contribution is 0.166. The van der Waals surface area contributed by atoms with Gasteiger partial charge in [-0.05, 0) is 67.2 Å². The molecule has 3 aliphatic rings. The third-order valence-corrected chi connectivity index (χ3v) is 7.18. The van der Waals surface area contributed by atoms with E-state index in [4.69, 9.17) is 14.5 Å². The van der Waals surface area contributed by atoms with Crippen LogP contribution in [0.1, 0.15) is 41.5 Å². The zero-order chi connectivity index (χ0) is 21.9. The van der Waals surface area contributed by atoms with E-state index in [9.17, 15) is 0 Å². The van der Waals surface area contributed by atoms with E-state index in [1.807, 2.05) is 0 Å². The number of nitrogens with one attached hydrogen (secondary N) is 2. The molecule has 1 saturated carbocycles. The van der Waals surface area contributed by atoms with Crippen LogP contribution in [0.25, 0.3) is 0 Å². The predicted octanol–water partition coefficient (Wildman–Crippen LogP) is 4.05. The standard InChI is InChI=1S/C27H35N3O2/c1-3-28-27(30-15-24-23-13-20-6-4-5-7-22(20)26(23)24)29-14-21-9-8-18(2)12-25(21)32-17-19-10-11-31-16-19/h4-9,12,19,23-24,26H,3,10-11,13-17H2,1-2H3,(H2,28,29,30). The van der Waals surface area contributed by atoms with Gasteiger partial charge in [0.1, 0.15) is 5.75 Å². The predicted molar refractivity (Wildman–Crippen MR) is 128 cm³/mol. The number of nitrogens with zero attached hydrogens (tertiary/aromatic N) is 1. The molecule has 0 radical (unpaired) electrons. The van der Waals surface area contributed by atoms with Crippen molar-refractivity contribution in [2.75, 3.05) is 32.9 Å². The van der Waals surface area contributed by atoms with Crippen molar-refractivity contribution >= 4 is 5.96 Å². The fourth-order valence-electron chi connectivity index (χ4n) is 5.33. The number of ether oxygens (including phenoxy) is 2. The first-order valence-corrected chi connectivity index (χ1v) is 12.1. The van der Waals surface area contributed by atoms with Gasteiger partial charge in [0, 0.05) is 31.2 Å². The fourth-order valence-corrected chi connectivity index (χ4v) is 5.33. The van der Waals surface area contributed by atoms with E-state index in [-0.39, 0.29) is 0 Å². The van der Waals surface area contributed by atoms with Gasteiger partial charge in [-0.25, -0.2) is 4.99 Å². The number of fused-ring (bicyclic) bond motifs is 3. The lowest BCUT2D eigenvalue weighted by Crippen LogP contribution is -2.38. The van der Waals surface area contributed by atoms with Crippen molar-refractivity contribution in [2.24, 2.45) is 22.7 Å². The summed E-state index contributed by atoms with van der Waals surface area (Å²) >= 11 is 0. The molecule has 1 heterocycles. The molecule has 0 amide bonds. The summed E-state index contributed by atoms with van der Waals surface area (Å²) in [5, 5.41) is 7.01. The van der Waals surface area contributed by atoms with Crippen LogP contribution in [0.2, 0.25) is 0 Å². The zero-order valence-corrected chi connectivity index (χ0v) is 19.3. The quantitative estimate of drug-likeness (QED) is 0.487. The van der Waals surface area contributed by atoms with E-state index in [1.54, 1.807) is 11.1 Å². The lowest BCUT2D eigenvalue weighted by atomic mass is 10.0. The number of aryl methyl sites for hydroxylation is 1. The van der Waals surface area contributed by atoms with Gasteiger partial charge in [0.05, 0.1) is 19.8 Å². The van der Waals surface area contributed by atoms with Crippen molar-refractivity contribution in [3.63, 3.8) is 0 Å². The number of benzene rings is 2. The van der Waals surface area contributed by atoms with E-state index >= 15 is 0 Å². The van der Waals surface area contributed by atoms with Crippen LogP contribution in [-0.2, 0) is 17.7 Å². The summed E-state index contributed by atoms with van der Waals surface area (Å²) in [5.74, 6) is 4.60. The molecule has 0 bridgehead atoms. The molecular formula is C27H35N3O2. The minimum Gasteiger partial charge on any atom is -0.493 e. The van der Waals surface area contributed by atoms with Crippen LogP contribution in [0, 0.1) is 24.7 Å². The molecule has 4 unspecified atom stereocenters. The van der Waals surface area contributed by atoms with Crippen molar-refractivity contribution in [1.82, 2.24) is 10.6 Å². The second-order valence-corrected chi connectivity index (χ2v) is 9.48. The zero-order valence-electron chi connectivity index (χ0n) is 19.3. The molecule has 5 rings (SSSR count). The summed E-state index contributed by atoms with van der Waals surface area (Å²) < 4.78 is 11.7. The first-order valence-electron chi connectivity index (χ1n) is 12.1. The molecule has 0 spiro atoms. The van der Waals surface area contributed by atoms with Crippen molar-refractivity contribution in [2.45, 2.75) is 39.2 Å². The Morgan fingerprint density at radius 1 is 1.19 bits per heavy atom. The van der Waals surface area contributed by atoms with Gasteiger partial charge in [-0.2, -0.15) is 0 Å². The SMILES string of the molecule is CCNC(=NCc1ccc(C)cc1OCC1CCOC1)NCC1C2Cc3ccccc3C12. The minimum absolute atomic E-state index is 0.494. The van der Waals surface area contributed by atoms with Crippen LogP contribution in [0.5, 0.6) is 5.75 Å². The highest BCUT2D eigenvalue weighted by Gasteiger charge is 2.54. The third-order valence-electron chi connectivity index (χ3n) is 7.18. The van der Waals surface area contributed by atoms with Gasteiger partial charge >= 0.3 is 0 Å². The molecule has 0 aromatic heterocycles. The van der Waals surface area contributed by atoms with E-state index in [0.717, 1.165) is 67.8 Å². The van der Waals surface area contributed by atoms with E-state index in [0.29, 0.717) is 19.1 Å². The Kier molecular flexibility index (Phi) is 6.35. The maximum atomic E-state index is 6.20. The molecule has 5 nitrogen and oxygen atoms in total. The van der Waals surface area contributed by atoms with Gasteiger partial charge in [-0.1, -0.05) is 36.4 Å². The van der Waals surface area contributed by atoms with Gasteiger partial charge < -0.3 is 20.1 Å². The molecule has 2 fully saturated rings. The number of guanidine groups is 1. The molecule has 170 valence electrons. The van der Waals surface area contributed by atoms with E-state index in [1.165, 1.54) is 12.0 Å². The Hall–Kier alpha value is -2.53. The third kappa shape index (κ3) is 4.63. The molecule has 1 saturated heterocycles. The number of rotatable bonds is 8. The van der Waals surface area contributed by atoms with Crippen LogP contribution >= 0.6 is 0 Å². The molecule has 2 N–H and O–H groups in total. The van der Waals surface area contributed by atoms with Crippen molar-refractivity contribution in [3.05, 3.63) is 64.7 Å². The van der Waals surface area contributed by atoms with Crippen molar-refractivity contribution in [3.8, 4) is 5.75 Å². The molecule has 32 heavy (non-hydrogen) atoms. The fraction of sp³-hybridized carbons (Fsp3) is 0.519. The van der Waals surface area contributed by atoms with Gasteiger partial charge in [0.15, 0.2) is 5.96 Å². The first-order chi connectivity index (χ1) is 15.7. The minimum atomic E-state index is 0.494. The van der Waals surface area contributed by atoms with Crippen LogP contribution in [0.3, 0.4) is 0 Å². The molecule has 1 aliphatic heterocycles. The monoisotopic (exact) mass is 433 g/mol. The topological polar surface area (TPSA) is 54.9 Å². The maximum absolute atomic E-state index is 6.20. The second kappa shape index (κ2) is 9.53. The number of hydrogen-bond acceptors (Lipinski definition) is 3. The summed E-state index contributed by atoms with van der Waals surface area (Å²) in [6.45, 7) is 9.03. The number of hydrogen-bond donors (Lipinski definition) is 2. The Labute approximate surface area is 191 Å². The summed E-state index contributed by atoms with van der Waals surface area (Å²) in [6, 6.07) is 15.4. The Bertz CT molecular complexity index is 967. The maximum Gasteiger partial charge on any atom is 0.191 e. The van der Waals surface area contributed by atoms with E-state index in [2.05, 4.69) is 66.9 Å². The Morgan fingerprint density at radius 3 is 2.94 bits per heavy atom. The van der Waals surface area contributed by atoms with Crippen LogP contribution < -0.4 is 15.4 Å². The average molecular weight is 434 g/mol. The molecule has 5 heteroatoms. The summed E-state index contributed by atoms with van der Waals surface area (Å²) in [7, 11) is 0. The van der Waals surface area contributed by atoms with Crippen LogP contribution in [0.4, 0.5) is 0 Å². The molecule has 4 atom stereocenters. The van der Waals surface area contributed by atoms with Gasteiger partial charge in [-0.15, -0.1) is 0 Å². The van der Waals surface area contributed by atoms with Gasteiger partial charge in [0.25, 0.3) is 0 Å². The average Bonchev–Trinajstić information content (AvgIpc) is 3.14.